The summed E-state index contributed by atoms with van der Waals surface area (Å²) in [5, 5.41) is 7.95. The first-order valence-electron chi connectivity index (χ1n) is 9.01. The Morgan fingerprint density at radius 3 is 2.52 bits per heavy atom. The Hall–Kier alpha value is -2.45. The van der Waals surface area contributed by atoms with Crippen LogP contribution in [0.2, 0.25) is 0 Å². The number of hydrogen-bond acceptors (Lipinski definition) is 5. The van der Waals surface area contributed by atoms with Gasteiger partial charge in [-0.2, -0.15) is 0 Å². The number of amides is 1. The molecule has 0 atom stereocenters. The van der Waals surface area contributed by atoms with Crippen molar-refractivity contribution < 1.29 is 13.2 Å². The van der Waals surface area contributed by atoms with Crippen LogP contribution in [0.15, 0.2) is 41.4 Å². The SMILES string of the molecule is Cc1ccnc(N2CCCCCC2)c1C(=O)Nc1cccc(S(N)(=O)=O)c1. The van der Waals surface area contributed by atoms with Gasteiger partial charge in [0.2, 0.25) is 10.0 Å². The van der Waals surface area contributed by atoms with E-state index in [4.69, 9.17) is 5.14 Å². The van der Waals surface area contributed by atoms with Gasteiger partial charge in [0.25, 0.3) is 5.91 Å². The highest BCUT2D eigenvalue weighted by Crippen LogP contribution is 2.25. The lowest BCUT2D eigenvalue weighted by Crippen LogP contribution is -2.28. The van der Waals surface area contributed by atoms with Crippen molar-refractivity contribution in [1.29, 1.82) is 0 Å². The maximum absolute atomic E-state index is 13.0. The van der Waals surface area contributed by atoms with Crippen molar-refractivity contribution >= 4 is 27.4 Å². The monoisotopic (exact) mass is 388 g/mol. The minimum Gasteiger partial charge on any atom is -0.356 e. The van der Waals surface area contributed by atoms with Gasteiger partial charge in [-0.15, -0.1) is 0 Å². The van der Waals surface area contributed by atoms with Crippen molar-refractivity contribution in [3.05, 3.63) is 47.7 Å². The van der Waals surface area contributed by atoms with Gasteiger partial charge < -0.3 is 10.2 Å². The number of aromatic nitrogens is 1. The number of nitrogens with two attached hydrogens (primary N) is 1. The average molecular weight is 388 g/mol. The summed E-state index contributed by atoms with van der Waals surface area (Å²) in [6.07, 6.45) is 6.24. The second kappa shape index (κ2) is 8.06. The first-order chi connectivity index (χ1) is 12.9. The van der Waals surface area contributed by atoms with E-state index in [1.165, 1.54) is 25.0 Å². The number of sulfonamides is 1. The van der Waals surface area contributed by atoms with Crippen molar-refractivity contribution in [1.82, 2.24) is 4.98 Å². The van der Waals surface area contributed by atoms with Gasteiger partial charge in [-0.1, -0.05) is 18.9 Å². The molecule has 2 aromatic rings. The summed E-state index contributed by atoms with van der Waals surface area (Å²) in [7, 11) is -3.84. The second-order valence-corrected chi connectivity index (χ2v) is 8.32. The maximum atomic E-state index is 13.0. The molecule has 0 bridgehead atoms. The van der Waals surface area contributed by atoms with E-state index >= 15 is 0 Å². The molecule has 1 fully saturated rings. The fraction of sp³-hybridized carbons (Fsp3) is 0.368. The zero-order valence-corrected chi connectivity index (χ0v) is 16.1. The Morgan fingerprint density at radius 1 is 1.15 bits per heavy atom. The molecule has 0 spiro atoms. The van der Waals surface area contributed by atoms with Crippen LogP contribution in [0.25, 0.3) is 0 Å². The van der Waals surface area contributed by atoms with E-state index in [0.29, 0.717) is 17.1 Å². The molecule has 1 aliphatic rings. The number of nitrogens with one attached hydrogen (secondary N) is 1. The fourth-order valence-corrected chi connectivity index (χ4v) is 3.85. The van der Waals surface area contributed by atoms with E-state index in [1.807, 2.05) is 6.92 Å². The normalized spacial score (nSPS) is 15.3. The number of nitrogens with zero attached hydrogens (tertiary/aromatic N) is 2. The van der Waals surface area contributed by atoms with Crippen molar-refractivity contribution in [3.63, 3.8) is 0 Å². The summed E-state index contributed by atoms with van der Waals surface area (Å²) in [6, 6.07) is 7.72. The molecule has 0 aliphatic carbocycles. The van der Waals surface area contributed by atoms with Crippen molar-refractivity contribution in [3.8, 4) is 0 Å². The summed E-state index contributed by atoms with van der Waals surface area (Å²) in [6.45, 7) is 3.62. The highest BCUT2D eigenvalue weighted by molar-refractivity contribution is 7.89. The summed E-state index contributed by atoms with van der Waals surface area (Å²) < 4.78 is 23.1. The number of rotatable bonds is 4. The summed E-state index contributed by atoms with van der Waals surface area (Å²) in [4.78, 5) is 19.6. The number of pyridine rings is 1. The van der Waals surface area contributed by atoms with Crippen LogP contribution in [0.3, 0.4) is 0 Å². The Morgan fingerprint density at radius 2 is 1.85 bits per heavy atom. The molecule has 27 heavy (non-hydrogen) atoms. The zero-order chi connectivity index (χ0) is 19.4. The molecule has 1 aromatic carbocycles. The third-order valence-corrected chi connectivity index (χ3v) is 5.60. The molecule has 3 N–H and O–H groups in total. The summed E-state index contributed by atoms with van der Waals surface area (Å²) in [5.41, 5.74) is 1.71. The van der Waals surface area contributed by atoms with Crippen LogP contribution in [-0.4, -0.2) is 32.4 Å². The molecule has 0 radical (unpaired) electrons. The molecular weight excluding hydrogens is 364 g/mol. The molecule has 1 aromatic heterocycles. The number of hydrogen-bond donors (Lipinski definition) is 2. The van der Waals surface area contributed by atoms with Gasteiger partial charge in [-0.05, 0) is 49.6 Å². The molecule has 1 amide bonds. The third-order valence-electron chi connectivity index (χ3n) is 4.69. The highest BCUT2D eigenvalue weighted by Gasteiger charge is 2.21. The van der Waals surface area contributed by atoms with Crippen molar-refractivity contribution in [2.45, 2.75) is 37.5 Å². The van der Waals surface area contributed by atoms with Gasteiger partial charge in [0.05, 0.1) is 10.5 Å². The van der Waals surface area contributed by atoms with Gasteiger partial charge in [-0.3, -0.25) is 4.79 Å². The van der Waals surface area contributed by atoms with E-state index in [9.17, 15) is 13.2 Å². The maximum Gasteiger partial charge on any atom is 0.259 e. The van der Waals surface area contributed by atoms with E-state index < -0.39 is 10.0 Å². The average Bonchev–Trinajstić information content (AvgIpc) is 2.90. The van der Waals surface area contributed by atoms with Crippen LogP contribution in [0.1, 0.15) is 41.6 Å². The molecule has 0 unspecified atom stereocenters. The largest absolute Gasteiger partial charge is 0.356 e. The minimum absolute atomic E-state index is 0.0454. The number of primary sulfonamides is 1. The molecule has 3 rings (SSSR count). The second-order valence-electron chi connectivity index (χ2n) is 6.75. The number of carbonyl (C=O) groups is 1. The lowest BCUT2D eigenvalue weighted by atomic mass is 10.1. The Kier molecular flexibility index (Phi) is 5.76. The standard InChI is InChI=1S/C19H24N4O3S/c1-14-9-10-21-18(23-11-4-2-3-5-12-23)17(14)19(24)22-15-7-6-8-16(13-15)27(20,25)26/h6-10,13H,2-5,11-12H2,1H3,(H,22,24)(H2,20,25,26). The Bertz CT molecular complexity index is 936. The quantitative estimate of drug-likeness (QED) is 0.838. The smallest absolute Gasteiger partial charge is 0.259 e. The molecule has 0 saturated carbocycles. The summed E-state index contributed by atoms with van der Waals surface area (Å²) >= 11 is 0. The predicted octanol–water partition coefficient (Wildman–Crippen LogP) is 2.67. The summed E-state index contributed by atoms with van der Waals surface area (Å²) in [5.74, 6) is 0.364. The number of benzene rings is 1. The molecule has 1 aliphatic heterocycles. The first kappa shape index (κ1) is 19.3. The molecule has 1 saturated heterocycles. The van der Waals surface area contributed by atoms with Gasteiger partial charge in [0.1, 0.15) is 5.82 Å². The number of aryl methyl sites for hydroxylation is 1. The lowest BCUT2D eigenvalue weighted by Gasteiger charge is -2.24. The topological polar surface area (TPSA) is 105 Å². The Labute approximate surface area is 159 Å². The Balaban J connectivity index is 1.91. The third kappa shape index (κ3) is 4.64. The highest BCUT2D eigenvalue weighted by atomic mass is 32.2. The van der Waals surface area contributed by atoms with Crippen LogP contribution >= 0.6 is 0 Å². The lowest BCUT2D eigenvalue weighted by molar-refractivity contribution is 0.102. The van der Waals surface area contributed by atoms with E-state index in [0.717, 1.165) is 31.5 Å². The van der Waals surface area contributed by atoms with E-state index in [2.05, 4.69) is 15.2 Å². The van der Waals surface area contributed by atoms with Crippen molar-refractivity contribution in [2.24, 2.45) is 5.14 Å². The van der Waals surface area contributed by atoms with E-state index in [1.54, 1.807) is 24.4 Å². The van der Waals surface area contributed by atoms with Gasteiger partial charge in [-0.25, -0.2) is 18.5 Å². The molecule has 2 heterocycles. The molecule has 144 valence electrons. The van der Waals surface area contributed by atoms with Crippen LogP contribution in [0, 0.1) is 6.92 Å². The number of anilines is 2. The first-order valence-corrected chi connectivity index (χ1v) is 10.6. The van der Waals surface area contributed by atoms with Crippen LogP contribution in [-0.2, 0) is 10.0 Å². The van der Waals surface area contributed by atoms with Crippen LogP contribution in [0.4, 0.5) is 11.5 Å². The number of carbonyl (C=O) groups excluding carboxylic acids is 1. The van der Waals surface area contributed by atoms with Gasteiger partial charge in [0.15, 0.2) is 0 Å². The minimum atomic E-state index is -3.84. The van der Waals surface area contributed by atoms with Gasteiger partial charge >= 0.3 is 0 Å². The molecular formula is C19H24N4O3S. The molecule has 8 heteroatoms. The van der Waals surface area contributed by atoms with Gasteiger partial charge in [0, 0.05) is 25.0 Å². The zero-order valence-electron chi connectivity index (χ0n) is 15.3. The van der Waals surface area contributed by atoms with Crippen LogP contribution < -0.4 is 15.4 Å². The fourth-order valence-electron chi connectivity index (χ4n) is 3.29. The van der Waals surface area contributed by atoms with Crippen molar-refractivity contribution in [2.75, 3.05) is 23.3 Å². The predicted molar refractivity (Wildman–Crippen MR) is 105 cm³/mol. The molecule has 7 nitrogen and oxygen atoms in total. The van der Waals surface area contributed by atoms with Crippen LogP contribution in [0.5, 0.6) is 0 Å². The van der Waals surface area contributed by atoms with E-state index in [-0.39, 0.29) is 10.8 Å².